The predicted octanol–water partition coefficient (Wildman–Crippen LogP) is 2.60. The first-order valence-electron chi connectivity index (χ1n) is 11.1. The van der Waals surface area contributed by atoms with E-state index in [9.17, 15) is 26.4 Å². The van der Waals surface area contributed by atoms with Crippen LogP contribution in [0, 0.1) is 13.8 Å². The molecule has 1 atom stereocenters. The SMILES string of the molecule is COc1cc(S(=O)(=O)CCOS(=O)(=O)O)c(OC)cc1N=NC(C(C)=O)C(=O)Nc1cc(C)c(C)cc1OC. The number of ether oxygens (including phenoxy) is 3. The summed E-state index contributed by atoms with van der Waals surface area (Å²) in [6.07, 6.45) is 0. The van der Waals surface area contributed by atoms with Crippen molar-refractivity contribution < 1.29 is 49.4 Å². The molecule has 0 heterocycles. The minimum Gasteiger partial charge on any atom is -0.495 e. The van der Waals surface area contributed by atoms with Crippen LogP contribution in [0.5, 0.6) is 17.2 Å². The molecule has 0 aliphatic rings. The van der Waals surface area contributed by atoms with Crippen LogP contribution in [-0.4, -0.2) is 72.8 Å². The summed E-state index contributed by atoms with van der Waals surface area (Å²) in [7, 11) is -5.19. The van der Waals surface area contributed by atoms with Crippen LogP contribution in [0.3, 0.4) is 0 Å². The second-order valence-corrected chi connectivity index (χ2v) is 11.3. The highest BCUT2D eigenvalue weighted by molar-refractivity contribution is 7.91. The number of Topliss-reactive ketones (excluding diaryl/α,β-unsaturated/α-hetero) is 1. The topological polar surface area (TPSA) is 196 Å². The number of amides is 1. The van der Waals surface area contributed by atoms with Crippen molar-refractivity contribution >= 4 is 43.3 Å². The minimum absolute atomic E-state index is 0.0645. The summed E-state index contributed by atoms with van der Waals surface area (Å²) in [4.78, 5) is 24.8. The third-order valence-electron chi connectivity index (χ3n) is 5.37. The molecule has 214 valence electrons. The summed E-state index contributed by atoms with van der Waals surface area (Å²) >= 11 is 0. The van der Waals surface area contributed by atoms with Gasteiger partial charge in [-0.2, -0.15) is 18.6 Å². The largest absolute Gasteiger partial charge is 0.495 e. The number of hydrogen-bond acceptors (Lipinski definition) is 12. The van der Waals surface area contributed by atoms with Crippen molar-refractivity contribution in [2.45, 2.75) is 31.7 Å². The smallest absolute Gasteiger partial charge is 0.397 e. The van der Waals surface area contributed by atoms with E-state index >= 15 is 0 Å². The normalized spacial score (nSPS) is 12.7. The fraction of sp³-hybridized carbons (Fsp3) is 0.391. The Morgan fingerprint density at radius 2 is 1.51 bits per heavy atom. The molecule has 1 unspecified atom stereocenters. The molecule has 16 heteroatoms. The number of anilines is 1. The highest BCUT2D eigenvalue weighted by Gasteiger charge is 2.26. The van der Waals surface area contributed by atoms with Gasteiger partial charge in [-0.1, -0.05) is 0 Å². The number of azo groups is 1. The number of carbonyl (C=O) groups excluding carboxylic acids is 2. The number of ketones is 1. The molecule has 0 fully saturated rings. The van der Waals surface area contributed by atoms with E-state index in [0.717, 1.165) is 30.2 Å². The van der Waals surface area contributed by atoms with Crippen LogP contribution in [0.15, 0.2) is 39.4 Å². The Hall–Kier alpha value is -3.60. The predicted molar refractivity (Wildman–Crippen MR) is 139 cm³/mol. The first-order chi connectivity index (χ1) is 18.1. The van der Waals surface area contributed by atoms with E-state index in [2.05, 4.69) is 19.7 Å². The van der Waals surface area contributed by atoms with Gasteiger partial charge in [0.15, 0.2) is 15.6 Å². The fourth-order valence-corrected chi connectivity index (χ4v) is 4.89. The highest BCUT2D eigenvalue weighted by Crippen LogP contribution is 2.38. The zero-order chi connectivity index (χ0) is 29.5. The van der Waals surface area contributed by atoms with E-state index in [1.165, 1.54) is 21.3 Å². The van der Waals surface area contributed by atoms with Crippen molar-refractivity contribution in [2.24, 2.45) is 10.2 Å². The number of carbonyl (C=O) groups is 2. The average molecular weight is 588 g/mol. The standard InChI is InChI=1S/C23H29N3O11S2/c1-13-9-16(18(34-4)10-14(13)2)24-23(28)22(15(3)27)26-25-17-11-20(36-6)21(12-19(17)35-5)38(29,30)8-7-37-39(31,32)33/h9-12,22H,7-8H2,1-6H3,(H,24,28)(H,31,32,33). The van der Waals surface area contributed by atoms with Crippen molar-refractivity contribution in [2.75, 3.05) is 39.0 Å². The van der Waals surface area contributed by atoms with Crippen molar-refractivity contribution in [1.29, 1.82) is 0 Å². The van der Waals surface area contributed by atoms with E-state index in [-0.39, 0.29) is 22.1 Å². The Labute approximate surface area is 226 Å². The molecule has 0 saturated heterocycles. The van der Waals surface area contributed by atoms with E-state index < -0.39 is 50.3 Å². The molecular formula is C23H29N3O11S2. The quantitative estimate of drug-likeness (QED) is 0.198. The number of benzene rings is 2. The van der Waals surface area contributed by atoms with Crippen LogP contribution >= 0.6 is 0 Å². The molecule has 0 saturated carbocycles. The maximum absolute atomic E-state index is 12.9. The van der Waals surface area contributed by atoms with Crippen LogP contribution in [0.4, 0.5) is 11.4 Å². The zero-order valence-corrected chi connectivity index (χ0v) is 23.7. The van der Waals surface area contributed by atoms with E-state index in [4.69, 9.17) is 18.8 Å². The third kappa shape index (κ3) is 8.44. The van der Waals surface area contributed by atoms with Gasteiger partial charge in [0, 0.05) is 12.1 Å². The lowest BCUT2D eigenvalue weighted by atomic mass is 10.1. The summed E-state index contributed by atoms with van der Waals surface area (Å²) < 4.78 is 75.3. The second-order valence-electron chi connectivity index (χ2n) is 8.10. The van der Waals surface area contributed by atoms with E-state index in [0.29, 0.717) is 11.4 Å². The molecule has 0 spiro atoms. The monoisotopic (exact) mass is 587 g/mol. The van der Waals surface area contributed by atoms with Crippen LogP contribution in [-0.2, 0) is 34.0 Å². The molecule has 0 radical (unpaired) electrons. The number of nitrogens with zero attached hydrogens (tertiary/aromatic N) is 2. The molecule has 2 aromatic carbocycles. The van der Waals surface area contributed by atoms with E-state index in [1.807, 2.05) is 13.8 Å². The number of nitrogens with one attached hydrogen (secondary N) is 1. The number of rotatable bonds is 13. The van der Waals surface area contributed by atoms with Crippen molar-refractivity contribution in [3.8, 4) is 17.2 Å². The fourth-order valence-electron chi connectivity index (χ4n) is 3.23. The zero-order valence-electron chi connectivity index (χ0n) is 22.0. The van der Waals surface area contributed by atoms with Crippen molar-refractivity contribution in [1.82, 2.24) is 0 Å². The summed E-state index contributed by atoms with van der Waals surface area (Å²) in [6.45, 7) is 4.02. The van der Waals surface area contributed by atoms with Crippen molar-refractivity contribution in [3.63, 3.8) is 0 Å². The molecule has 0 aliphatic carbocycles. The molecule has 1 amide bonds. The van der Waals surface area contributed by atoms with Gasteiger partial charge in [-0.05, 0) is 44.0 Å². The Kier molecular flexibility index (Phi) is 10.5. The maximum atomic E-state index is 12.9. The van der Waals surface area contributed by atoms with Gasteiger partial charge in [0.05, 0.1) is 39.4 Å². The van der Waals surface area contributed by atoms with Gasteiger partial charge in [0.25, 0.3) is 5.91 Å². The summed E-state index contributed by atoms with van der Waals surface area (Å²) in [5.41, 5.74) is 2.08. The van der Waals surface area contributed by atoms with Crippen LogP contribution in [0.25, 0.3) is 0 Å². The first-order valence-corrected chi connectivity index (χ1v) is 14.1. The van der Waals surface area contributed by atoms with Gasteiger partial charge in [0.1, 0.15) is 27.8 Å². The Bertz CT molecular complexity index is 1490. The highest BCUT2D eigenvalue weighted by atomic mass is 32.3. The van der Waals surface area contributed by atoms with Crippen LogP contribution < -0.4 is 19.5 Å². The van der Waals surface area contributed by atoms with Gasteiger partial charge in [0.2, 0.25) is 6.04 Å². The summed E-state index contributed by atoms with van der Waals surface area (Å²) in [5, 5.41) is 10.4. The molecule has 0 bridgehead atoms. The van der Waals surface area contributed by atoms with Gasteiger partial charge in [-0.25, -0.2) is 12.6 Å². The number of hydrogen-bond donors (Lipinski definition) is 2. The van der Waals surface area contributed by atoms with E-state index in [1.54, 1.807) is 12.1 Å². The second kappa shape index (κ2) is 13.0. The van der Waals surface area contributed by atoms with Crippen LogP contribution in [0.2, 0.25) is 0 Å². The van der Waals surface area contributed by atoms with Gasteiger partial charge < -0.3 is 19.5 Å². The Morgan fingerprint density at radius 3 is 2.05 bits per heavy atom. The molecule has 14 nitrogen and oxygen atoms in total. The molecule has 0 aromatic heterocycles. The first kappa shape index (κ1) is 31.6. The number of methoxy groups -OCH3 is 3. The molecular weight excluding hydrogens is 558 g/mol. The van der Waals surface area contributed by atoms with Gasteiger partial charge in [-0.15, -0.1) is 0 Å². The van der Waals surface area contributed by atoms with Crippen LogP contribution in [0.1, 0.15) is 18.1 Å². The lowest BCUT2D eigenvalue weighted by Crippen LogP contribution is -2.32. The number of sulfone groups is 1. The number of aryl methyl sites for hydroxylation is 2. The van der Waals surface area contributed by atoms with Gasteiger partial charge >= 0.3 is 10.4 Å². The minimum atomic E-state index is -4.84. The Balaban J connectivity index is 2.40. The summed E-state index contributed by atoms with van der Waals surface area (Å²) in [6, 6.07) is 4.07. The molecule has 2 N–H and O–H groups in total. The molecule has 2 rings (SSSR count). The molecule has 0 aliphatic heterocycles. The lowest BCUT2D eigenvalue weighted by molar-refractivity contribution is -0.126. The average Bonchev–Trinajstić information content (AvgIpc) is 2.84. The molecule has 39 heavy (non-hydrogen) atoms. The summed E-state index contributed by atoms with van der Waals surface area (Å²) in [5.74, 6) is -2.15. The van der Waals surface area contributed by atoms with Gasteiger partial charge in [-0.3, -0.25) is 14.1 Å². The Morgan fingerprint density at radius 1 is 0.923 bits per heavy atom. The molecule has 2 aromatic rings. The maximum Gasteiger partial charge on any atom is 0.397 e. The third-order valence-corrected chi connectivity index (χ3v) is 7.53. The van der Waals surface area contributed by atoms with Crippen molar-refractivity contribution in [3.05, 3.63) is 35.4 Å². The lowest BCUT2D eigenvalue weighted by Gasteiger charge is -2.15.